The van der Waals surface area contributed by atoms with Crippen LogP contribution in [0.4, 0.5) is 0 Å². The summed E-state index contributed by atoms with van der Waals surface area (Å²) in [6.45, 7) is 4.37. The Labute approximate surface area is 108 Å². The van der Waals surface area contributed by atoms with E-state index >= 15 is 0 Å². The summed E-state index contributed by atoms with van der Waals surface area (Å²) in [6.07, 6.45) is 7.65. The molecular formula is C13H23NS2. The number of hydrogen-bond acceptors (Lipinski definition) is 3. The zero-order valence-electron chi connectivity index (χ0n) is 10.4. The van der Waals surface area contributed by atoms with Crippen LogP contribution < -0.4 is 5.32 Å². The normalized spacial score (nSPS) is 10.9. The van der Waals surface area contributed by atoms with Gasteiger partial charge in [-0.05, 0) is 50.5 Å². The summed E-state index contributed by atoms with van der Waals surface area (Å²) in [7, 11) is 0. The second-order valence-electron chi connectivity index (χ2n) is 4.10. The van der Waals surface area contributed by atoms with E-state index in [4.69, 9.17) is 0 Å². The summed E-state index contributed by atoms with van der Waals surface area (Å²) in [6, 6.07) is 4.43. The highest BCUT2D eigenvalue weighted by atomic mass is 32.2. The van der Waals surface area contributed by atoms with Crippen molar-refractivity contribution in [3.8, 4) is 0 Å². The molecule has 1 aromatic rings. The van der Waals surface area contributed by atoms with Crippen LogP contribution in [-0.4, -0.2) is 18.6 Å². The van der Waals surface area contributed by atoms with Crippen molar-refractivity contribution in [3.05, 3.63) is 21.9 Å². The van der Waals surface area contributed by atoms with Crippen LogP contribution in [0.1, 0.15) is 35.4 Å². The third kappa shape index (κ3) is 6.56. The van der Waals surface area contributed by atoms with Crippen molar-refractivity contribution in [3.63, 3.8) is 0 Å². The van der Waals surface area contributed by atoms with E-state index in [1.165, 1.54) is 41.2 Å². The van der Waals surface area contributed by atoms with E-state index in [-0.39, 0.29) is 0 Å². The SMILES string of the molecule is CSCCCCCCNCc1ccc(C)s1. The molecular weight excluding hydrogens is 234 g/mol. The van der Waals surface area contributed by atoms with Crippen LogP contribution in [0.15, 0.2) is 12.1 Å². The molecule has 0 aromatic carbocycles. The predicted octanol–water partition coefficient (Wildman–Crippen LogP) is 4.07. The molecule has 0 amide bonds. The Morgan fingerprint density at radius 1 is 1.19 bits per heavy atom. The van der Waals surface area contributed by atoms with Crippen molar-refractivity contribution >= 4 is 23.1 Å². The van der Waals surface area contributed by atoms with E-state index in [1.54, 1.807) is 0 Å². The Morgan fingerprint density at radius 2 is 2.00 bits per heavy atom. The first-order valence-electron chi connectivity index (χ1n) is 6.08. The van der Waals surface area contributed by atoms with Crippen LogP contribution in [0.3, 0.4) is 0 Å². The molecule has 0 aliphatic rings. The van der Waals surface area contributed by atoms with Crippen molar-refractivity contribution in [1.29, 1.82) is 0 Å². The fourth-order valence-corrected chi connectivity index (χ4v) is 2.99. The Kier molecular flexibility index (Phi) is 7.99. The van der Waals surface area contributed by atoms with Gasteiger partial charge in [0.2, 0.25) is 0 Å². The molecule has 0 fully saturated rings. The van der Waals surface area contributed by atoms with Crippen molar-refractivity contribution in [2.75, 3.05) is 18.6 Å². The lowest BCUT2D eigenvalue weighted by atomic mass is 10.2. The van der Waals surface area contributed by atoms with E-state index in [2.05, 4.69) is 30.6 Å². The lowest BCUT2D eigenvalue weighted by Gasteiger charge is -2.03. The predicted molar refractivity (Wildman–Crippen MR) is 77.6 cm³/mol. The molecule has 16 heavy (non-hydrogen) atoms. The van der Waals surface area contributed by atoms with Crippen LogP contribution in [0.2, 0.25) is 0 Å². The molecule has 1 heterocycles. The van der Waals surface area contributed by atoms with E-state index < -0.39 is 0 Å². The second-order valence-corrected chi connectivity index (χ2v) is 6.45. The molecule has 0 unspecified atom stereocenters. The van der Waals surface area contributed by atoms with Crippen molar-refractivity contribution in [1.82, 2.24) is 5.32 Å². The largest absolute Gasteiger partial charge is 0.312 e. The topological polar surface area (TPSA) is 12.0 Å². The zero-order chi connectivity index (χ0) is 11.6. The fourth-order valence-electron chi connectivity index (χ4n) is 1.64. The summed E-state index contributed by atoms with van der Waals surface area (Å²) in [4.78, 5) is 2.87. The molecule has 0 radical (unpaired) electrons. The van der Waals surface area contributed by atoms with Gasteiger partial charge in [0.15, 0.2) is 0 Å². The van der Waals surface area contributed by atoms with Gasteiger partial charge >= 0.3 is 0 Å². The quantitative estimate of drug-likeness (QED) is 0.669. The minimum Gasteiger partial charge on any atom is -0.312 e. The Hall–Kier alpha value is 0.01000. The first kappa shape index (κ1) is 14.1. The zero-order valence-corrected chi connectivity index (χ0v) is 12.1. The van der Waals surface area contributed by atoms with Gasteiger partial charge in [-0.15, -0.1) is 11.3 Å². The Bertz CT molecular complexity index is 271. The molecule has 92 valence electrons. The van der Waals surface area contributed by atoms with Gasteiger partial charge in [-0.3, -0.25) is 0 Å². The third-order valence-electron chi connectivity index (χ3n) is 2.55. The Balaban J connectivity index is 1.88. The number of unbranched alkanes of at least 4 members (excludes halogenated alkanes) is 3. The Morgan fingerprint density at radius 3 is 2.69 bits per heavy atom. The number of hydrogen-bond donors (Lipinski definition) is 1. The maximum absolute atomic E-state index is 3.51. The first-order valence-corrected chi connectivity index (χ1v) is 8.29. The molecule has 3 heteroatoms. The van der Waals surface area contributed by atoms with Crippen molar-refractivity contribution in [2.45, 2.75) is 39.2 Å². The lowest BCUT2D eigenvalue weighted by molar-refractivity contribution is 0.602. The van der Waals surface area contributed by atoms with Crippen molar-refractivity contribution in [2.24, 2.45) is 0 Å². The highest BCUT2D eigenvalue weighted by molar-refractivity contribution is 7.98. The fraction of sp³-hybridized carbons (Fsp3) is 0.692. The third-order valence-corrected chi connectivity index (χ3v) is 4.24. The molecule has 0 aliphatic heterocycles. The average Bonchev–Trinajstić information content (AvgIpc) is 2.68. The van der Waals surface area contributed by atoms with Crippen LogP contribution >= 0.6 is 23.1 Å². The number of rotatable bonds is 9. The van der Waals surface area contributed by atoms with Gasteiger partial charge < -0.3 is 5.32 Å². The number of aryl methyl sites for hydroxylation is 1. The second kappa shape index (κ2) is 9.08. The van der Waals surface area contributed by atoms with Gasteiger partial charge in [0, 0.05) is 16.3 Å². The average molecular weight is 257 g/mol. The van der Waals surface area contributed by atoms with Crippen LogP contribution in [0.25, 0.3) is 0 Å². The molecule has 1 nitrogen and oxygen atoms in total. The van der Waals surface area contributed by atoms with Gasteiger partial charge in [-0.1, -0.05) is 12.8 Å². The summed E-state index contributed by atoms with van der Waals surface area (Å²) in [5.41, 5.74) is 0. The van der Waals surface area contributed by atoms with Gasteiger partial charge in [-0.2, -0.15) is 11.8 Å². The first-order chi connectivity index (χ1) is 7.83. The minimum absolute atomic E-state index is 1.04. The smallest absolute Gasteiger partial charge is 0.0299 e. The lowest BCUT2D eigenvalue weighted by Crippen LogP contribution is -2.13. The minimum atomic E-state index is 1.04. The van der Waals surface area contributed by atoms with E-state index in [0.29, 0.717) is 0 Å². The van der Waals surface area contributed by atoms with E-state index in [9.17, 15) is 0 Å². The monoisotopic (exact) mass is 257 g/mol. The van der Waals surface area contributed by atoms with Gasteiger partial charge in [0.1, 0.15) is 0 Å². The molecule has 1 N–H and O–H groups in total. The van der Waals surface area contributed by atoms with Gasteiger partial charge in [0.05, 0.1) is 0 Å². The van der Waals surface area contributed by atoms with Gasteiger partial charge in [0.25, 0.3) is 0 Å². The summed E-state index contributed by atoms with van der Waals surface area (Å²) >= 11 is 3.85. The summed E-state index contributed by atoms with van der Waals surface area (Å²) in [5, 5.41) is 3.51. The van der Waals surface area contributed by atoms with Crippen LogP contribution in [-0.2, 0) is 6.54 Å². The summed E-state index contributed by atoms with van der Waals surface area (Å²) in [5.74, 6) is 1.32. The molecule has 1 rings (SSSR count). The van der Waals surface area contributed by atoms with E-state index in [0.717, 1.165) is 13.1 Å². The highest BCUT2D eigenvalue weighted by Gasteiger charge is 1.95. The number of nitrogens with one attached hydrogen (secondary N) is 1. The highest BCUT2D eigenvalue weighted by Crippen LogP contribution is 2.14. The van der Waals surface area contributed by atoms with Gasteiger partial charge in [-0.25, -0.2) is 0 Å². The molecule has 0 saturated heterocycles. The molecule has 0 bridgehead atoms. The van der Waals surface area contributed by atoms with Crippen LogP contribution in [0, 0.1) is 6.92 Å². The van der Waals surface area contributed by atoms with E-state index in [1.807, 2.05) is 23.1 Å². The number of thioether (sulfide) groups is 1. The molecule has 0 spiro atoms. The maximum atomic E-state index is 3.51. The summed E-state index contributed by atoms with van der Waals surface area (Å²) < 4.78 is 0. The number of thiophene rings is 1. The molecule has 1 aromatic heterocycles. The standard InChI is InChI=1S/C13H23NS2/c1-12-7-8-13(16-12)11-14-9-5-3-4-6-10-15-2/h7-8,14H,3-6,9-11H2,1-2H3. The molecule has 0 saturated carbocycles. The molecule has 0 aliphatic carbocycles. The maximum Gasteiger partial charge on any atom is 0.0299 e. The van der Waals surface area contributed by atoms with Crippen LogP contribution in [0.5, 0.6) is 0 Å². The van der Waals surface area contributed by atoms with Crippen molar-refractivity contribution < 1.29 is 0 Å². The molecule has 0 atom stereocenters.